The second-order valence-corrected chi connectivity index (χ2v) is 6.48. The van der Waals surface area contributed by atoms with E-state index in [9.17, 15) is 13.2 Å². The number of hydrogen-bond donors (Lipinski definition) is 0. The number of thiophene rings is 1. The summed E-state index contributed by atoms with van der Waals surface area (Å²) >= 11 is 0. The summed E-state index contributed by atoms with van der Waals surface area (Å²) in [6.07, 6.45) is -4.28. The molecule has 20 heavy (non-hydrogen) atoms. The van der Waals surface area contributed by atoms with Crippen LogP contribution in [0.15, 0.2) is 53.9 Å². The molecule has 102 valence electrons. The molecule has 0 spiro atoms. The summed E-state index contributed by atoms with van der Waals surface area (Å²) in [6.45, 7) is 2.04. The molecule has 1 atom stereocenters. The molecule has 0 saturated carbocycles. The molecule has 0 aliphatic carbocycles. The van der Waals surface area contributed by atoms with Crippen molar-refractivity contribution < 1.29 is 13.2 Å². The van der Waals surface area contributed by atoms with Gasteiger partial charge in [-0.1, -0.05) is 12.1 Å². The maximum Gasteiger partial charge on any atom is 0.416 e. The normalized spacial score (nSPS) is 12.9. The summed E-state index contributed by atoms with van der Waals surface area (Å²) in [5, 5.41) is 3.32. The van der Waals surface area contributed by atoms with Crippen LogP contribution >= 0.6 is 10.5 Å². The molecule has 1 unspecified atom stereocenters. The highest BCUT2D eigenvalue weighted by Gasteiger charge is 2.30. The Balaban J connectivity index is 2.12. The van der Waals surface area contributed by atoms with Gasteiger partial charge in [0.05, 0.1) is 5.56 Å². The van der Waals surface area contributed by atoms with Crippen molar-refractivity contribution in [2.75, 3.05) is 0 Å². The number of halogens is 3. The van der Waals surface area contributed by atoms with Gasteiger partial charge in [0.2, 0.25) is 0 Å². The van der Waals surface area contributed by atoms with E-state index in [0.717, 1.165) is 17.0 Å². The van der Waals surface area contributed by atoms with E-state index < -0.39 is 11.7 Å². The highest BCUT2D eigenvalue weighted by Crippen LogP contribution is 2.42. The number of fused-ring (bicyclic) bond motifs is 1. The number of benzene rings is 2. The van der Waals surface area contributed by atoms with Crippen LogP contribution in [0.5, 0.6) is 0 Å². The minimum absolute atomic E-state index is 0.260. The van der Waals surface area contributed by atoms with Crippen LogP contribution in [0.25, 0.3) is 15.0 Å². The summed E-state index contributed by atoms with van der Waals surface area (Å²) in [5.74, 6) is 0. The number of rotatable bonds is 1. The fourth-order valence-electron chi connectivity index (χ4n) is 2.27. The molecule has 0 saturated heterocycles. The Morgan fingerprint density at radius 3 is 2.20 bits per heavy atom. The molecule has 3 rings (SSSR count). The first-order chi connectivity index (χ1) is 9.47. The summed E-state index contributed by atoms with van der Waals surface area (Å²) < 4.78 is 38.9. The van der Waals surface area contributed by atoms with Crippen LogP contribution in [0.2, 0.25) is 0 Å². The molecule has 0 bridgehead atoms. The second-order valence-electron chi connectivity index (χ2n) is 4.66. The van der Waals surface area contributed by atoms with Crippen LogP contribution in [-0.4, -0.2) is 0 Å². The zero-order valence-corrected chi connectivity index (χ0v) is 11.6. The molecule has 4 heteroatoms. The lowest BCUT2D eigenvalue weighted by Gasteiger charge is -2.04. The molecule has 0 amide bonds. The summed E-state index contributed by atoms with van der Waals surface area (Å²) in [5.41, 5.74) is 0.585. The van der Waals surface area contributed by atoms with Gasteiger partial charge in [-0.3, -0.25) is 0 Å². The van der Waals surface area contributed by atoms with Gasteiger partial charge in [0.25, 0.3) is 0 Å². The van der Waals surface area contributed by atoms with E-state index in [4.69, 9.17) is 0 Å². The minimum Gasteiger partial charge on any atom is -0.166 e. The Morgan fingerprint density at radius 2 is 1.55 bits per heavy atom. The minimum atomic E-state index is -4.28. The van der Waals surface area contributed by atoms with Crippen LogP contribution < -0.4 is 0 Å². The molecular formula is C16H12F3S+. The van der Waals surface area contributed by atoms with E-state index in [0.29, 0.717) is 0 Å². The predicted octanol–water partition coefficient (Wildman–Crippen LogP) is 5.91. The summed E-state index contributed by atoms with van der Waals surface area (Å²) in [6, 6.07) is 13.5. The Bertz CT molecular complexity index is 751. The first-order valence-electron chi connectivity index (χ1n) is 6.15. The number of alkyl halides is 3. The smallest absolute Gasteiger partial charge is 0.166 e. The fourth-order valence-corrected chi connectivity index (χ4v) is 4.39. The molecule has 0 nitrogen and oxygen atoms in total. The largest absolute Gasteiger partial charge is 0.416 e. The Kier molecular flexibility index (Phi) is 3.05. The van der Waals surface area contributed by atoms with Crippen molar-refractivity contribution in [2.45, 2.75) is 13.1 Å². The standard InChI is InChI=1S/C16H12F3S/c1-11-10-20(15-5-3-2-4-14(11)15)13-8-6-12(7-9-13)16(17,18)19/h2-10H,1H3/q+1. The lowest BCUT2D eigenvalue weighted by Crippen LogP contribution is -2.03. The molecule has 1 heterocycles. The molecule has 0 N–H and O–H groups in total. The second kappa shape index (κ2) is 4.63. The molecule has 2 aromatic carbocycles. The molecule has 1 aromatic heterocycles. The van der Waals surface area contributed by atoms with E-state index in [-0.39, 0.29) is 10.5 Å². The lowest BCUT2D eigenvalue weighted by molar-refractivity contribution is -0.137. The third kappa shape index (κ3) is 2.20. The van der Waals surface area contributed by atoms with Crippen molar-refractivity contribution in [3.63, 3.8) is 0 Å². The zero-order valence-electron chi connectivity index (χ0n) is 10.7. The van der Waals surface area contributed by atoms with Crippen LogP contribution in [0.3, 0.4) is 0 Å². The van der Waals surface area contributed by atoms with E-state index in [1.165, 1.54) is 15.6 Å². The topological polar surface area (TPSA) is 0 Å². The lowest BCUT2D eigenvalue weighted by atomic mass is 10.2. The highest BCUT2D eigenvalue weighted by molar-refractivity contribution is 7.43. The first-order valence-corrected chi connectivity index (χ1v) is 7.44. The van der Waals surface area contributed by atoms with Gasteiger partial charge in [-0.2, -0.15) is 13.2 Å². The fraction of sp³-hybridized carbons (Fsp3) is 0.125. The highest BCUT2D eigenvalue weighted by atomic mass is 32.2. The molecule has 0 radical (unpaired) electrons. The van der Waals surface area contributed by atoms with Gasteiger partial charge in [-0.25, -0.2) is 0 Å². The van der Waals surface area contributed by atoms with Crippen molar-refractivity contribution in [1.29, 1.82) is 0 Å². The summed E-state index contributed by atoms with van der Waals surface area (Å²) in [7, 11) is -0.260. The Morgan fingerprint density at radius 1 is 0.900 bits per heavy atom. The van der Waals surface area contributed by atoms with E-state index >= 15 is 0 Å². The van der Waals surface area contributed by atoms with Gasteiger partial charge in [-0.05, 0) is 43.3 Å². The average Bonchev–Trinajstić information content (AvgIpc) is 2.76. The number of aryl methyl sites for hydroxylation is 1. The Labute approximate surface area is 117 Å². The third-order valence-corrected chi connectivity index (χ3v) is 5.48. The third-order valence-electron chi connectivity index (χ3n) is 3.28. The van der Waals surface area contributed by atoms with Gasteiger partial charge in [-0.15, -0.1) is 0 Å². The van der Waals surface area contributed by atoms with Crippen LogP contribution in [0, 0.1) is 6.92 Å². The van der Waals surface area contributed by atoms with Gasteiger partial charge < -0.3 is 0 Å². The van der Waals surface area contributed by atoms with Gasteiger partial charge in [0, 0.05) is 21.4 Å². The molecular weight excluding hydrogens is 281 g/mol. The van der Waals surface area contributed by atoms with Crippen LogP contribution in [0.4, 0.5) is 13.2 Å². The Hall–Kier alpha value is -1.81. The maximum atomic E-state index is 12.6. The molecule has 3 aromatic rings. The van der Waals surface area contributed by atoms with Crippen LogP contribution in [0.1, 0.15) is 11.1 Å². The zero-order chi connectivity index (χ0) is 14.3. The van der Waals surface area contributed by atoms with Gasteiger partial charge in [0.15, 0.2) is 9.60 Å². The monoisotopic (exact) mass is 293 g/mol. The quantitative estimate of drug-likeness (QED) is 0.490. The van der Waals surface area contributed by atoms with E-state index in [2.05, 4.69) is 11.4 Å². The van der Waals surface area contributed by atoms with Gasteiger partial charge >= 0.3 is 6.18 Å². The van der Waals surface area contributed by atoms with E-state index in [1.54, 1.807) is 12.1 Å². The molecule has 0 fully saturated rings. The van der Waals surface area contributed by atoms with E-state index in [1.807, 2.05) is 25.1 Å². The van der Waals surface area contributed by atoms with Crippen molar-refractivity contribution in [3.8, 4) is 4.90 Å². The average molecular weight is 293 g/mol. The molecule has 0 aliphatic rings. The SMILES string of the molecule is Cc1c[s+](-c2ccc(C(F)(F)F)cc2)c2ccccc12. The van der Waals surface area contributed by atoms with Crippen molar-refractivity contribution >= 4 is 20.6 Å². The number of hydrogen-bond acceptors (Lipinski definition) is 0. The summed E-state index contributed by atoms with van der Waals surface area (Å²) in [4.78, 5) is 0.919. The van der Waals surface area contributed by atoms with Crippen LogP contribution in [-0.2, 0) is 6.18 Å². The maximum absolute atomic E-state index is 12.6. The molecule has 0 aliphatic heterocycles. The van der Waals surface area contributed by atoms with Crippen molar-refractivity contribution in [3.05, 3.63) is 65.0 Å². The van der Waals surface area contributed by atoms with Crippen molar-refractivity contribution in [2.24, 2.45) is 0 Å². The first kappa shape index (κ1) is 13.2. The predicted molar refractivity (Wildman–Crippen MR) is 77.5 cm³/mol. The van der Waals surface area contributed by atoms with Gasteiger partial charge in [0.1, 0.15) is 5.38 Å². The van der Waals surface area contributed by atoms with Crippen molar-refractivity contribution in [1.82, 2.24) is 0 Å².